The van der Waals surface area contributed by atoms with E-state index in [0.29, 0.717) is 17.0 Å². The fraction of sp³-hybridized carbons (Fsp3) is 0.105. The Bertz CT molecular complexity index is 1200. The number of nitrogens with one attached hydrogen (secondary N) is 1. The minimum absolute atomic E-state index is 0.254. The minimum atomic E-state index is -4.42. The SMILES string of the molecule is Cc1nc2cc(F)c(F)cc2n1-c1cncc(Nc2ccc(C(F)(F)F)cc2)n1. The molecule has 0 aliphatic carbocycles. The Morgan fingerprint density at radius 2 is 1.62 bits per heavy atom. The van der Waals surface area contributed by atoms with Crippen LogP contribution in [0.5, 0.6) is 0 Å². The lowest BCUT2D eigenvalue weighted by Crippen LogP contribution is -2.05. The first kappa shape index (κ1) is 18.8. The molecule has 0 amide bonds. The van der Waals surface area contributed by atoms with Crippen LogP contribution in [0.2, 0.25) is 0 Å². The molecular formula is C19H12F5N5. The number of nitrogens with zero attached hydrogens (tertiary/aromatic N) is 4. The van der Waals surface area contributed by atoms with Gasteiger partial charge in [-0.15, -0.1) is 0 Å². The summed E-state index contributed by atoms with van der Waals surface area (Å²) < 4.78 is 66.7. The number of alkyl halides is 3. The lowest BCUT2D eigenvalue weighted by Gasteiger charge is -2.11. The van der Waals surface area contributed by atoms with Crippen LogP contribution in [0.1, 0.15) is 11.4 Å². The predicted molar refractivity (Wildman–Crippen MR) is 96.0 cm³/mol. The number of hydrogen-bond acceptors (Lipinski definition) is 4. The molecule has 5 nitrogen and oxygen atoms in total. The van der Waals surface area contributed by atoms with E-state index in [1.54, 1.807) is 6.92 Å². The van der Waals surface area contributed by atoms with Gasteiger partial charge in [-0.1, -0.05) is 0 Å². The quantitative estimate of drug-likeness (QED) is 0.478. The zero-order valence-corrected chi connectivity index (χ0v) is 14.8. The second kappa shape index (κ2) is 6.80. The van der Waals surface area contributed by atoms with Gasteiger partial charge in [0, 0.05) is 17.8 Å². The number of imidazole rings is 1. The number of benzene rings is 2. The summed E-state index contributed by atoms with van der Waals surface area (Å²) >= 11 is 0. The summed E-state index contributed by atoms with van der Waals surface area (Å²) in [5, 5.41) is 2.86. The van der Waals surface area contributed by atoms with Crippen LogP contribution in [-0.4, -0.2) is 19.5 Å². The number of aromatic nitrogens is 4. The van der Waals surface area contributed by atoms with Gasteiger partial charge in [0.15, 0.2) is 23.3 Å². The van der Waals surface area contributed by atoms with Crippen LogP contribution in [0.15, 0.2) is 48.8 Å². The summed E-state index contributed by atoms with van der Waals surface area (Å²) in [6.07, 6.45) is -1.63. The molecule has 0 saturated heterocycles. The molecule has 0 aliphatic rings. The fourth-order valence-electron chi connectivity index (χ4n) is 2.90. The molecule has 4 rings (SSSR count). The molecule has 0 radical (unpaired) electrons. The molecule has 29 heavy (non-hydrogen) atoms. The van der Waals surface area contributed by atoms with Crippen LogP contribution in [-0.2, 0) is 6.18 Å². The van der Waals surface area contributed by atoms with Gasteiger partial charge >= 0.3 is 6.18 Å². The van der Waals surface area contributed by atoms with Gasteiger partial charge in [0.1, 0.15) is 5.82 Å². The molecule has 0 bridgehead atoms. The maximum absolute atomic E-state index is 13.7. The molecule has 1 N–H and O–H groups in total. The van der Waals surface area contributed by atoms with Gasteiger partial charge in [-0.3, -0.25) is 9.55 Å². The van der Waals surface area contributed by atoms with Gasteiger partial charge in [0.25, 0.3) is 0 Å². The molecule has 0 atom stereocenters. The minimum Gasteiger partial charge on any atom is -0.339 e. The van der Waals surface area contributed by atoms with Crippen molar-refractivity contribution in [2.24, 2.45) is 0 Å². The molecule has 0 spiro atoms. The number of fused-ring (bicyclic) bond motifs is 1. The largest absolute Gasteiger partial charge is 0.416 e. The van der Waals surface area contributed by atoms with Crippen molar-refractivity contribution in [3.8, 4) is 5.82 Å². The van der Waals surface area contributed by atoms with Crippen molar-refractivity contribution in [3.05, 3.63) is 71.8 Å². The van der Waals surface area contributed by atoms with Gasteiger partial charge in [-0.25, -0.2) is 18.7 Å². The Kier molecular flexibility index (Phi) is 4.40. The number of hydrogen-bond donors (Lipinski definition) is 1. The highest BCUT2D eigenvalue weighted by molar-refractivity contribution is 5.78. The Morgan fingerprint density at radius 1 is 0.931 bits per heavy atom. The number of aryl methyl sites for hydroxylation is 1. The van der Waals surface area contributed by atoms with E-state index in [4.69, 9.17) is 0 Å². The van der Waals surface area contributed by atoms with Crippen molar-refractivity contribution in [1.29, 1.82) is 0 Å². The van der Waals surface area contributed by atoms with Gasteiger partial charge in [0.2, 0.25) is 0 Å². The first-order valence-electron chi connectivity index (χ1n) is 8.33. The number of rotatable bonds is 3. The summed E-state index contributed by atoms with van der Waals surface area (Å²) in [5.74, 6) is -1.05. The monoisotopic (exact) mass is 405 g/mol. The Hall–Kier alpha value is -3.56. The van der Waals surface area contributed by atoms with E-state index in [-0.39, 0.29) is 17.2 Å². The first-order chi connectivity index (χ1) is 13.7. The van der Waals surface area contributed by atoms with Crippen LogP contribution in [0.25, 0.3) is 16.9 Å². The highest BCUT2D eigenvalue weighted by atomic mass is 19.4. The molecule has 10 heteroatoms. The van der Waals surface area contributed by atoms with Crippen LogP contribution < -0.4 is 5.32 Å². The van der Waals surface area contributed by atoms with E-state index >= 15 is 0 Å². The summed E-state index contributed by atoms with van der Waals surface area (Å²) in [5.41, 5.74) is 0.175. The topological polar surface area (TPSA) is 55.6 Å². The molecule has 2 heterocycles. The van der Waals surface area contributed by atoms with Gasteiger partial charge in [-0.05, 0) is 31.2 Å². The fourth-order valence-corrected chi connectivity index (χ4v) is 2.90. The molecule has 4 aromatic rings. The standard InChI is InChI=1S/C19H12F5N5/c1-10-26-15-6-13(20)14(21)7-16(15)29(10)18-9-25-8-17(28-18)27-12-4-2-11(3-5-12)19(22,23)24/h2-9H,1H3,(H,27,28). The zero-order valence-electron chi connectivity index (χ0n) is 14.8. The molecule has 0 unspecified atom stereocenters. The van der Waals surface area contributed by atoms with E-state index in [1.165, 1.54) is 29.1 Å². The van der Waals surface area contributed by atoms with Crippen LogP contribution >= 0.6 is 0 Å². The molecule has 148 valence electrons. The van der Waals surface area contributed by atoms with Gasteiger partial charge in [-0.2, -0.15) is 13.2 Å². The van der Waals surface area contributed by atoms with Crippen LogP contribution in [0, 0.1) is 18.6 Å². The normalized spacial score (nSPS) is 11.8. The van der Waals surface area contributed by atoms with Crippen molar-refractivity contribution < 1.29 is 22.0 Å². The Balaban J connectivity index is 1.69. The smallest absolute Gasteiger partial charge is 0.339 e. The van der Waals surface area contributed by atoms with Gasteiger partial charge < -0.3 is 5.32 Å². The molecule has 0 aliphatic heterocycles. The van der Waals surface area contributed by atoms with E-state index < -0.39 is 23.4 Å². The zero-order chi connectivity index (χ0) is 20.8. The maximum atomic E-state index is 13.7. The summed E-state index contributed by atoms with van der Waals surface area (Å²) in [7, 11) is 0. The van der Waals surface area contributed by atoms with Crippen molar-refractivity contribution >= 4 is 22.5 Å². The van der Waals surface area contributed by atoms with Crippen molar-refractivity contribution in [3.63, 3.8) is 0 Å². The van der Waals surface area contributed by atoms with Gasteiger partial charge in [0.05, 0.1) is 29.0 Å². The number of halogens is 5. The average Bonchev–Trinajstić information content (AvgIpc) is 2.97. The average molecular weight is 405 g/mol. The van der Waals surface area contributed by atoms with Crippen molar-refractivity contribution in [2.75, 3.05) is 5.32 Å². The highest BCUT2D eigenvalue weighted by Gasteiger charge is 2.29. The lowest BCUT2D eigenvalue weighted by molar-refractivity contribution is -0.137. The third-order valence-corrected chi connectivity index (χ3v) is 4.20. The second-order valence-corrected chi connectivity index (χ2v) is 6.21. The molecule has 2 aromatic carbocycles. The number of anilines is 2. The van der Waals surface area contributed by atoms with Crippen molar-refractivity contribution in [2.45, 2.75) is 13.1 Å². The second-order valence-electron chi connectivity index (χ2n) is 6.21. The van der Waals surface area contributed by atoms with Crippen LogP contribution in [0.4, 0.5) is 33.5 Å². The summed E-state index contributed by atoms with van der Waals surface area (Å²) in [4.78, 5) is 12.6. The molecule has 0 fully saturated rings. The molecular weight excluding hydrogens is 393 g/mol. The van der Waals surface area contributed by atoms with E-state index in [1.807, 2.05) is 0 Å². The molecule has 2 aromatic heterocycles. The Labute approximate surface area is 160 Å². The van der Waals surface area contributed by atoms with E-state index in [9.17, 15) is 22.0 Å². The first-order valence-corrected chi connectivity index (χ1v) is 8.33. The highest BCUT2D eigenvalue weighted by Crippen LogP contribution is 2.30. The van der Waals surface area contributed by atoms with E-state index in [2.05, 4.69) is 20.3 Å². The Morgan fingerprint density at radius 3 is 2.31 bits per heavy atom. The third kappa shape index (κ3) is 3.60. The van der Waals surface area contributed by atoms with E-state index in [0.717, 1.165) is 24.3 Å². The summed E-state index contributed by atoms with van der Waals surface area (Å²) in [6.45, 7) is 1.65. The third-order valence-electron chi connectivity index (χ3n) is 4.20. The predicted octanol–water partition coefficient (Wildman–Crippen LogP) is 5.16. The lowest BCUT2D eigenvalue weighted by atomic mass is 10.2. The molecule has 0 saturated carbocycles. The van der Waals surface area contributed by atoms with Crippen molar-refractivity contribution in [1.82, 2.24) is 19.5 Å². The maximum Gasteiger partial charge on any atom is 0.416 e. The van der Waals surface area contributed by atoms with Crippen LogP contribution in [0.3, 0.4) is 0 Å². The summed E-state index contributed by atoms with van der Waals surface area (Å²) in [6, 6.07) is 6.45.